The Bertz CT molecular complexity index is 407. The van der Waals surface area contributed by atoms with Crippen molar-refractivity contribution in [3.05, 3.63) is 0 Å². The molecule has 5 nitrogen and oxygen atoms in total. The summed E-state index contributed by atoms with van der Waals surface area (Å²) in [5, 5.41) is 0. The van der Waals surface area contributed by atoms with Gasteiger partial charge in [-0.1, -0.05) is 13.3 Å². The number of primary amides is 1. The van der Waals surface area contributed by atoms with Gasteiger partial charge in [-0.25, -0.2) is 10.2 Å². The van der Waals surface area contributed by atoms with Crippen LogP contribution in [0.15, 0.2) is 0 Å². The van der Waals surface area contributed by atoms with Crippen LogP contribution in [-0.2, 0) is 4.79 Å². The molecular weight excluding hydrogens is 242 g/mol. The van der Waals surface area contributed by atoms with Crippen LogP contribution in [0.3, 0.4) is 0 Å². The fourth-order valence-electron chi connectivity index (χ4n) is 5.38. The summed E-state index contributed by atoms with van der Waals surface area (Å²) in [5.74, 6) is 1.36. The Morgan fingerprint density at radius 1 is 1.16 bits per heavy atom. The van der Waals surface area contributed by atoms with Gasteiger partial charge in [0, 0.05) is 0 Å². The van der Waals surface area contributed by atoms with E-state index in [0.29, 0.717) is 17.3 Å². The van der Waals surface area contributed by atoms with E-state index in [1.165, 1.54) is 19.3 Å². The molecule has 4 aliphatic carbocycles. The van der Waals surface area contributed by atoms with Crippen LogP contribution in [0.5, 0.6) is 0 Å². The first-order valence-corrected chi connectivity index (χ1v) is 7.33. The molecule has 4 bridgehead atoms. The minimum absolute atomic E-state index is 0.0294. The fourth-order valence-corrected chi connectivity index (χ4v) is 5.38. The van der Waals surface area contributed by atoms with Crippen molar-refractivity contribution in [1.29, 1.82) is 0 Å². The summed E-state index contributed by atoms with van der Waals surface area (Å²) in [4.78, 5) is 23.2. The average Bonchev–Trinajstić information content (AvgIpc) is 2.34. The van der Waals surface area contributed by atoms with Crippen molar-refractivity contribution in [3.63, 3.8) is 0 Å². The van der Waals surface area contributed by atoms with E-state index in [-0.39, 0.29) is 11.3 Å². The minimum atomic E-state index is -0.705. The van der Waals surface area contributed by atoms with Gasteiger partial charge in [0.05, 0.1) is 5.41 Å². The number of hydrogen-bond donors (Lipinski definition) is 3. The van der Waals surface area contributed by atoms with E-state index >= 15 is 0 Å². The molecule has 5 heteroatoms. The van der Waals surface area contributed by atoms with Crippen LogP contribution >= 0.6 is 0 Å². The second kappa shape index (κ2) is 4.12. The van der Waals surface area contributed by atoms with Gasteiger partial charge in [-0.3, -0.25) is 10.2 Å². The number of rotatable bonds is 2. The molecular formula is C14H23N3O2. The molecule has 106 valence electrons. The number of amides is 3. The van der Waals surface area contributed by atoms with Crippen LogP contribution in [0.4, 0.5) is 4.79 Å². The third-order valence-electron chi connectivity index (χ3n) is 5.71. The van der Waals surface area contributed by atoms with Crippen molar-refractivity contribution in [2.24, 2.45) is 28.4 Å². The summed E-state index contributed by atoms with van der Waals surface area (Å²) >= 11 is 0. The molecule has 0 aromatic carbocycles. The van der Waals surface area contributed by atoms with Gasteiger partial charge in [0.2, 0.25) is 5.91 Å². The zero-order valence-corrected chi connectivity index (χ0v) is 11.5. The maximum absolute atomic E-state index is 12.5. The number of hydrazine groups is 1. The molecule has 4 saturated carbocycles. The topological polar surface area (TPSA) is 84.2 Å². The van der Waals surface area contributed by atoms with Crippen molar-refractivity contribution in [3.8, 4) is 0 Å². The third-order valence-corrected chi connectivity index (χ3v) is 5.71. The van der Waals surface area contributed by atoms with Gasteiger partial charge in [0.25, 0.3) is 0 Å². The smallest absolute Gasteiger partial charge is 0.330 e. The molecule has 0 aromatic rings. The first-order valence-electron chi connectivity index (χ1n) is 7.33. The Balaban J connectivity index is 1.80. The summed E-state index contributed by atoms with van der Waals surface area (Å²) in [5.41, 5.74) is 9.88. The zero-order valence-electron chi connectivity index (χ0n) is 11.5. The van der Waals surface area contributed by atoms with E-state index < -0.39 is 6.03 Å². The molecule has 0 spiro atoms. The van der Waals surface area contributed by atoms with Crippen molar-refractivity contribution in [2.75, 3.05) is 0 Å². The highest BCUT2D eigenvalue weighted by Crippen LogP contribution is 2.66. The highest BCUT2D eigenvalue weighted by molar-refractivity contribution is 5.85. The van der Waals surface area contributed by atoms with Gasteiger partial charge in [0.1, 0.15) is 0 Å². The molecule has 4 rings (SSSR count). The Morgan fingerprint density at radius 2 is 1.79 bits per heavy atom. The molecule has 0 aliphatic heterocycles. The highest BCUT2D eigenvalue weighted by atomic mass is 16.2. The van der Waals surface area contributed by atoms with E-state index in [4.69, 9.17) is 5.73 Å². The van der Waals surface area contributed by atoms with Gasteiger partial charge in [-0.15, -0.1) is 0 Å². The molecule has 4 atom stereocenters. The van der Waals surface area contributed by atoms with Crippen LogP contribution in [-0.4, -0.2) is 11.9 Å². The first kappa shape index (κ1) is 12.8. The lowest BCUT2D eigenvalue weighted by Crippen LogP contribution is -2.60. The Hall–Kier alpha value is -1.26. The number of nitrogens with one attached hydrogen (secondary N) is 2. The maximum atomic E-state index is 12.5. The quantitative estimate of drug-likeness (QED) is 0.664. The molecule has 2 unspecified atom stereocenters. The summed E-state index contributed by atoms with van der Waals surface area (Å²) in [6.45, 7) is 2.25. The van der Waals surface area contributed by atoms with E-state index in [0.717, 1.165) is 25.7 Å². The predicted octanol–water partition coefficient (Wildman–Crippen LogP) is 1.68. The Labute approximate surface area is 113 Å². The van der Waals surface area contributed by atoms with E-state index in [9.17, 15) is 9.59 Å². The van der Waals surface area contributed by atoms with Crippen LogP contribution in [0.25, 0.3) is 0 Å². The van der Waals surface area contributed by atoms with E-state index in [2.05, 4.69) is 17.8 Å². The summed E-state index contributed by atoms with van der Waals surface area (Å²) in [6.07, 6.45) is 7.99. The monoisotopic (exact) mass is 265 g/mol. The van der Waals surface area contributed by atoms with E-state index in [1.807, 2.05) is 0 Å². The van der Waals surface area contributed by atoms with E-state index in [1.54, 1.807) is 0 Å². The number of carbonyl (C=O) groups is 2. The van der Waals surface area contributed by atoms with Crippen molar-refractivity contribution < 1.29 is 9.59 Å². The molecule has 19 heavy (non-hydrogen) atoms. The second-order valence-electron chi connectivity index (χ2n) is 7.04. The molecule has 4 N–H and O–H groups in total. The summed E-state index contributed by atoms with van der Waals surface area (Å²) in [7, 11) is 0. The Kier molecular flexibility index (Phi) is 2.76. The normalized spacial score (nSPS) is 43.0. The maximum Gasteiger partial charge on any atom is 0.330 e. The van der Waals surface area contributed by atoms with Crippen molar-refractivity contribution in [2.45, 2.75) is 51.9 Å². The Morgan fingerprint density at radius 3 is 2.32 bits per heavy atom. The molecule has 0 saturated heterocycles. The largest absolute Gasteiger partial charge is 0.350 e. The predicted molar refractivity (Wildman–Crippen MR) is 70.7 cm³/mol. The lowest BCUT2D eigenvalue weighted by atomic mass is 9.43. The molecule has 0 radical (unpaired) electrons. The number of nitrogens with two attached hydrogens (primary N) is 1. The van der Waals surface area contributed by atoms with Gasteiger partial charge in [-0.05, 0) is 55.8 Å². The van der Waals surface area contributed by atoms with Gasteiger partial charge < -0.3 is 5.73 Å². The van der Waals surface area contributed by atoms with Crippen LogP contribution < -0.4 is 16.6 Å². The number of urea groups is 1. The van der Waals surface area contributed by atoms with Crippen LogP contribution in [0.2, 0.25) is 0 Å². The van der Waals surface area contributed by atoms with Crippen LogP contribution in [0.1, 0.15) is 51.9 Å². The van der Waals surface area contributed by atoms with Crippen molar-refractivity contribution in [1.82, 2.24) is 10.9 Å². The third kappa shape index (κ3) is 1.99. The average molecular weight is 265 g/mol. The summed E-state index contributed by atoms with van der Waals surface area (Å²) in [6, 6.07) is -0.705. The van der Waals surface area contributed by atoms with Gasteiger partial charge in [-0.2, -0.15) is 0 Å². The zero-order chi connectivity index (χ0) is 13.7. The first-order chi connectivity index (χ1) is 8.97. The minimum Gasteiger partial charge on any atom is -0.350 e. The van der Waals surface area contributed by atoms with Crippen molar-refractivity contribution >= 4 is 11.9 Å². The van der Waals surface area contributed by atoms with Crippen LogP contribution in [0, 0.1) is 22.7 Å². The molecule has 4 aliphatic rings. The molecule has 0 aromatic heterocycles. The fraction of sp³-hybridized carbons (Fsp3) is 0.857. The standard InChI is InChI=1S/C14H23N3O2/c1-2-13-4-9-3-10(5-13)7-14(6-9,8-13)11(18)16-17-12(15)19/h9-10H,2-8H2,1H3,(H,16,18)(H3,15,17,19)/t9-,10+,13?,14?. The number of hydrogen-bond acceptors (Lipinski definition) is 2. The molecule has 4 fully saturated rings. The highest BCUT2D eigenvalue weighted by Gasteiger charge is 2.59. The lowest BCUT2D eigenvalue weighted by Gasteiger charge is -2.61. The second-order valence-corrected chi connectivity index (χ2v) is 7.04. The van der Waals surface area contributed by atoms with Gasteiger partial charge >= 0.3 is 6.03 Å². The summed E-state index contributed by atoms with van der Waals surface area (Å²) < 4.78 is 0. The van der Waals surface area contributed by atoms with Gasteiger partial charge in [0.15, 0.2) is 0 Å². The SMILES string of the molecule is CCC12C[C@H]3C[C@@H](C1)CC(C(=O)NNC(N)=O)(C3)C2. The molecule has 0 heterocycles. The lowest BCUT2D eigenvalue weighted by molar-refractivity contribution is -0.158. The molecule has 3 amide bonds. The number of carbonyl (C=O) groups excluding carboxylic acids is 2.